The SMILES string of the molecule is CCC/C=C(/CC(S(=O)(=O)c1ccccc1)S(=O)(=O)c1ccccc1)C(=O)OC. The van der Waals surface area contributed by atoms with Gasteiger partial charge in [0.2, 0.25) is 0 Å². The number of esters is 1. The molecular weight excluding hydrogens is 412 g/mol. The maximum absolute atomic E-state index is 13.3. The van der Waals surface area contributed by atoms with Crippen molar-refractivity contribution < 1.29 is 26.4 Å². The van der Waals surface area contributed by atoms with E-state index in [-0.39, 0.29) is 15.4 Å². The quantitative estimate of drug-likeness (QED) is 0.441. The molecule has 8 heteroatoms. The maximum Gasteiger partial charge on any atom is 0.333 e. The van der Waals surface area contributed by atoms with E-state index in [0.29, 0.717) is 12.8 Å². The lowest BCUT2D eigenvalue weighted by Gasteiger charge is -2.19. The van der Waals surface area contributed by atoms with Gasteiger partial charge in [0.25, 0.3) is 0 Å². The molecule has 29 heavy (non-hydrogen) atoms. The van der Waals surface area contributed by atoms with Gasteiger partial charge in [-0.1, -0.05) is 55.8 Å². The van der Waals surface area contributed by atoms with Crippen molar-refractivity contribution >= 4 is 25.6 Å². The molecule has 0 unspecified atom stereocenters. The van der Waals surface area contributed by atoms with E-state index in [1.165, 1.54) is 55.6 Å². The monoisotopic (exact) mass is 436 g/mol. The van der Waals surface area contributed by atoms with Crippen LogP contribution in [0.5, 0.6) is 0 Å². The zero-order chi connectivity index (χ0) is 21.5. The summed E-state index contributed by atoms with van der Waals surface area (Å²) in [6, 6.07) is 14.7. The van der Waals surface area contributed by atoms with Crippen molar-refractivity contribution in [1.82, 2.24) is 0 Å². The van der Waals surface area contributed by atoms with Crippen LogP contribution in [-0.4, -0.2) is 34.5 Å². The lowest BCUT2D eigenvalue weighted by atomic mass is 10.1. The van der Waals surface area contributed by atoms with Gasteiger partial charge in [-0.15, -0.1) is 0 Å². The first-order chi connectivity index (χ1) is 13.7. The molecule has 0 aliphatic carbocycles. The molecule has 0 amide bonds. The topological polar surface area (TPSA) is 94.6 Å². The third-order valence-corrected chi connectivity index (χ3v) is 9.45. The summed E-state index contributed by atoms with van der Waals surface area (Å²) in [5.41, 5.74) is 0.0263. The van der Waals surface area contributed by atoms with E-state index in [9.17, 15) is 21.6 Å². The zero-order valence-corrected chi connectivity index (χ0v) is 17.9. The molecule has 2 rings (SSSR count). The normalized spacial score (nSPS) is 12.7. The molecule has 156 valence electrons. The lowest BCUT2D eigenvalue weighted by molar-refractivity contribution is -0.136. The molecule has 0 aliphatic heterocycles. The fourth-order valence-electron chi connectivity index (χ4n) is 2.79. The smallest absolute Gasteiger partial charge is 0.333 e. The molecule has 2 aromatic rings. The minimum Gasteiger partial charge on any atom is -0.466 e. The van der Waals surface area contributed by atoms with E-state index in [1.807, 2.05) is 6.92 Å². The van der Waals surface area contributed by atoms with Gasteiger partial charge >= 0.3 is 5.97 Å². The van der Waals surface area contributed by atoms with Crippen LogP contribution >= 0.6 is 0 Å². The predicted octanol–water partition coefficient (Wildman–Crippen LogP) is 3.55. The van der Waals surface area contributed by atoms with E-state index in [2.05, 4.69) is 0 Å². The first-order valence-corrected chi connectivity index (χ1v) is 12.2. The molecule has 0 saturated carbocycles. The van der Waals surface area contributed by atoms with Gasteiger partial charge in [0.05, 0.1) is 16.9 Å². The summed E-state index contributed by atoms with van der Waals surface area (Å²) in [7, 11) is -7.44. The van der Waals surface area contributed by atoms with E-state index in [0.717, 1.165) is 0 Å². The van der Waals surface area contributed by atoms with E-state index in [4.69, 9.17) is 4.74 Å². The predicted molar refractivity (Wildman–Crippen MR) is 111 cm³/mol. The molecular formula is C21H24O6S2. The molecule has 2 aromatic carbocycles. The van der Waals surface area contributed by atoms with Crippen LogP contribution in [0.2, 0.25) is 0 Å². The van der Waals surface area contributed by atoms with Gasteiger partial charge < -0.3 is 4.74 Å². The van der Waals surface area contributed by atoms with Crippen LogP contribution in [0.4, 0.5) is 0 Å². The molecule has 6 nitrogen and oxygen atoms in total. The minimum absolute atomic E-state index is 0.0263. The van der Waals surface area contributed by atoms with E-state index < -0.39 is 36.6 Å². The molecule has 0 N–H and O–H groups in total. The van der Waals surface area contributed by atoms with Crippen molar-refractivity contribution in [2.45, 2.75) is 40.6 Å². The summed E-state index contributed by atoms with van der Waals surface area (Å²) in [5, 5.41) is 0. The Bertz CT molecular complexity index is 987. The molecule has 0 fully saturated rings. The number of hydrogen-bond acceptors (Lipinski definition) is 6. The van der Waals surface area contributed by atoms with Crippen molar-refractivity contribution in [3.05, 3.63) is 72.3 Å². The van der Waals surface area contributed by atoms with Gasteiger partial charge in [-0.05, 0) is 30.7 Å². The summed E-state index contributed by atoms with van der Waals surface area (Å²) in [5.74, 6) is -0.741. The standard InChI is InChI=1S/C21H24O6S2/c1-3-4-11-17(21(22)27-2)16-20(28(23,24)18-12-7-5-8-13-18)29(25,26)19-14-9-6-10-15-19/h5-15,20H,3-4,16H2,1-2H3/b17-11-. The third kappa shape index (κ3) is 5.33. The van der Waals surface area contributed by atoms with Gasteiger partial charge in [0.15, 0.2) is 24.3 Å². The first kappa shape index (κ1) is 22.8. The molecule has 0 aliphatic rings. The lowest BCUT2D eigenvalue weighted by Crippen LogP contribution is -2.32. The average molecular weight is 437 g/mol. The van der Waals surface area contributed by atoms with Gasteiger partial charge in [-0.25, -0.2) is 21.6 Å². The second kappa shape index (κ2) is 9.84. The Morgan fingerprint density at radius 2 is 1.34 bits per heavy atom. The van der Waals surface area contributed by atoms with Crippen molar-refractivity contribution in [3.8, 4) is 0 Å². The number of hydrogen-bond donors (Lipinski definition) is 0. The number of benzene rings is 2. The average Bonchev–Trinajstić information content (AvgIpc) is 2.74. The second-order valence-corrected chi connectivity index (χ2v) is 10.9. The zero-order valence-electron chi connectivity index (χ0n) is 16.3. The van der Waals surface area contributed by atoms with Crippen LogP contribution < -0.4 is 0 Å². The highest BCUT2D eigenvalue weighted by Gasteiger charge is 2.41. The number of allylic oxidation sites excluding steroid dienone is 1. The summed E-state index contributed by atoms with van der Waals surface area (Å²) in [4.78, 5) is 12.0. The second-order valence-electron chi connectivity index (χ2n) is 6.36. The van der Waals surface area contributed by atoms with Crippen LogP contribution in [0.25, 0.3) is 0 Å². The Labute approximate surface area is 172 Å². The molecule has 0 heterocycles. The summed E-state index contributed by atoms with van der Waals surface area (Å²) in [6.07, 6.45) is 2.25. The fourth-order valence-corrected chi connectivity index (χ4v) is 7.27. The van der Waals surface area contributed by atoms with Crippen molar-refractivity contribution in [2.24, 2.45) is 0 Å². The molecule has 0 spiro atoms. The molecule has 0 atom stereocenters. The Morgan fingerprint density at radius 1 is 0.897 bits per heavy atom. The highest BCUT2D eigenvalue weighted by atomic mass is 32.3. The van der Waals surface area contributed by atoms with Gasteiger partial charge in [-0.3, -0.25) is 0 Å². The van der Waals surface area contributed by atoms with Crippen LogP contribution in [0.15, 0.2) is 82.1 Å². The first-order valence-electron chi connectivity index (χ1n) is 9.10. The van der Waals surface area contributed by atoms with Gasteiger partial charge in [0.1, 0.15) is 0 Å². The molecule has 0 saturated heterocycles. The van der Waals surface area contributed by atoms with Crippen LogP contribution in [0, 0.1) is 0 Å². The Morgan fingerprint density at radius 3 is 1.72 bits per heavy atom. The molecule has 0 radical (unpaired) electrons. The van der Waals surface area contributed by atoms with E-state index >= 15 is 0 Å². The van der Waals surface area contributed by atoms with Crippen molar-refractivity contribution in [2.75, 3.05) is 7.11 Å². The highest BCUT2D eigenvalue weighted by molar-refractivity contribution is 8.09. The molecule has 0 bridgehead atoms. The third-order valence-electron chi connectivity index (χ3n) is 4.35. The Hall–Kier alpha value is -2.45. The summed E-state index contributed by atoms with van der Waals surface area (Å²) >= 11 is 0. The number of rotatable bonds is 9. The fraction of sp³-hybridized carbons (Fsp3) is 0.286. The van der Waals surface area contributed by atoms with Crippen molar-refractivity contribution in [3.63, 3.8) is 0 Å². The number of sulfone groups is 2. The number of carbonyl (C=O) groups excluding carboxylic acids is 1. The largest absolute Gasteiger partial charge is 0.466 e. The van der Waals surface area contributed by atoms with Crippen LogP contribution in [0.1, 0.15) is 26.2 Å². The summed E-state index contributed by atoms with van der Waals surface area (Å²) in [6.45, 7) is 1.89. The van der Waals surface area contributed by atoms with Crippen LogP contribution in [0.3, 0.4) is 0 Å². The number of methoxy groups -OCH3 is 1. The Kier molecular flexibility index (Phi) is 7.75. The van der Waals surface area contributed by atoms with E-state index in [1.54, 1.807) is 18.2 Å². The van der Waals surface area contributed by atoms with Gasteiger partial charge in [0, 0.05) is 12.0 Å². The number of carbonyl (C=O) groups is 1. The highest BCUT2D eigenvalue weighted by Crippen LogP contribution is 2.30. The van der Waals surface area contributed by atoms with Gasteiger partial charge in [-0.2, -0.15) is 0 Å². The molecule has 0 aromatic heterocycles. The minimum atomic E-state index is -4.31. The number of ether oxygens (including phenoxy) is 1. The Balaban J connectivity index is 2.64. The number of unbranched alkanes of at least 4 members (excludes halogenated alkanes) is 1. The van der Waals surface area contributed by atoms with Crippen molar-refractivity contribution in [1.29, 1.82) is 0 Å². The maximum atomic E-state index is 13.3. The van der Waals surface area contributed by atoms with Crippen LogP contribution in [-0.2, 0) is 29.2 Å². The summed E-state index contributed by atoms with van der Waals surface area (Å²) < 4.78 is 56.1.